The van der Waals surface area contributed by atoms with Crippen molar-refractivity contribution in [2.45, 2.75) is 19.4 Å². The molecule has 2 N–H and O–H groups in total. The molecule has 4 heteroatoms. The summed E-state index contributed by atoms with van der Waals surface area (Å²) in [6, 6.07) is 7.62. The highest BCUT2D eigenvalue weighted by atomic mass is 19.1. The average molecular weight is 275 g/mol. The van der Waals surface area contributed by atoms with E-state index in [9.17, 15) is 8.78 Å². The third kappa shape index (κ3) is 2.16. The number of hydrogen-bond acceptors (Lipinski definition) is 2. The lowest BCUT2D eigenvalue weighted by molar-refractivity contribution is 0.242. The van der Waals surface area contributed by atoms with Crippen molar-refractivity contribution in [3.8, 4) is 16.9 Å². The van der Waals surface area contributed by atoms with Crippen LogP contribution in [0.15, 0.2) is 30.3 Å². The third-order valence-corrected chi connectivity index (χ3v) is 3.59. The summed E-state index contributed by atoms with van der Waals surface area (Å²) >= 11 is 0. The van der Waals surface area contributed by atoms with Crippen LogP contribution in [0.1, 0.15) is 11.1 Å². The number of ether oxygens (including phenoxy) is 1. The van der Waals surface area contributed by atoms with Gasteiger partial charge in [-0.1, -0.05) is 6.07 Å². The van der Waals surface area contributed by atoms with Crippen LogP contribution < -0.4 is 10.5 Å². The van der Waals surface area contributed by atoms with E-state index in [1.54, 1.807) is 19.1 Å². The molecule has 0 radical (unpaired) electrons. The van der Waals surface area contributed by atoms with E-state index >= 15 is 0 Å². The highest BCUT2D eigenvalue weighted by Crippen LogP contribution is 2.39. The van der Waals surface area contributed by atoms with Crippen molar-refractivity contribution in [1.82, 2.24) is 0 Å². The van der Waals surface area contributed by atoms with Crippen LogP contribution in [-0.2, 0) is 6.42 Å². The van der Waals surface area contributed by atoms with E-state index in [2.05, 4.69) is 0 Å². The molecule has 20 heavy (non-hydrogen) atoms. The smallest absolute Gasteiger partial charge is 0.131 e. The van der Waals surface area contributed by atoms with E-state index < -0.39 is 0 Å². The lowest BCUT2D eigenvalue weighted by Gasteiger charge is -2.12. The molecule has 0 unspecified atom stereocenters. The Balaban J connectivity index is 2.13. The van der Waals surface area contributed by atoms with Crippen LogP contribution in [-0.4, -0.2) is 12.6 Å². The molecule has 0 aromatic heterocycles. The Morgan fingerprint density at radius 2 is 2.05 bits per heavy atom. The fourth-order valence-electron chi connectivity index (χ4n) is 2.55. The van der Waals surface area contributed by atoms with E-state index in [4.69, 9.17) is 10.5 Å². The van der Waals surface area contributed by atoms with Gasteiger partial charge < -0.3 is 10.5 Å². The van der Waals surface area contributed by atoms with Gasteiger partial charge in [0.05, 0.1) is 0 Å². The highest BCUT2D eigenvalue weighted by molar-refractivity contribution is 5.73. The minimum Gasteiger partial charge on any atom is -0.488 e. The van der Waals surface area contributed by atoms with Gasteiger partial charge in [0.1, 0.15) is 23.5 Å². The van der Waals surface area contributed by atoms with Crippen molar-refractivity contribution in [3.05, 3.63) is 53.1 Å². The molecule has 0 spiro atoms. The fraction of sp³-hybridized carbons (Fsp3) is 0.250. The van der Waals surface area contributed by atoms with Crippen molar-refractivity contribution in [2.24, 2.45) is 5.73 Å². The first-order chi connectivity index (χ1) is 9.58. The van der Waals surface area contributed by atoms with Crippen LogP contribution in [0.25, 0.3) is 11.1 Å². The second kappa shape index (κ2) is 4.87. The molecule has 0 saturated heterocycles. The third-order valence-electron chi connectivity index (χ3n) is 3.59. The zero-order valence-corrected chi connectivity index (χ0v) is 11.1. The molecule has 104 valence electrons. The molecule has 1 aliphatic rings. The predicted molar refractivity (Wildman–Crippen MR) is 73.7 cm³/mol. The molecule has 0 fully saturated rings. The molecule has 2 nitrogen and oxygen atoms in total. The number of fused-ring (bicyclic) bond motifs is 1. The second-order valence-electron chi connectivity index (χ2n) is 5.09. The number of halogens is 2. The van der Waals surface area contributed by atoms with Gasteiger partial charge in [0, 0.05) is 24.1 Å². The molecule has 1 atom stereocenters. The standard InChI is InChI=1S/C16H15F2NO/c1-9-4-10(2-3-15(9)18)14-7-12(17)5-11-6-13(8-19)20-16(11)14/h2-5,7,13H,6,8,19H2,1H3/t13-/m1/s1. The van der Waals surface area contributed by atoms with Gasteiger partial charge in [0.25, 0.3) is 0 Å². The number of nitrogens with two attached hydrogens (primary N) is 1. The minimum atomic E-state index is -0.318. The van der Waals surface area contributed by atoms with Gasteiger partial charge in [-0.2, -0.15) is 0 Å². The molecule has 0 aliphatic carbocycles. The van der Waals surface area contributed by atoms with E-state index in [0.29, 0.717) is 29.8 Å². The lowest BCUT2D eigenvalue weighted by Crippen LogP contribution is -2.24. The van der Waals surface area contributed by atoms with Crippen LogP contribution in [0.2, 0.25) is 0 Å². The number of benzene rings is 2. The number of rotatable bonds is 2. The van der Waals surface area contributed by atoms with Crippen molar-refractivity contribution in [1.29, 1.82) is 0 Å². The molecule has 2 aromatic carbocycles. The SMILES string of the molecule is Cc1cc(-c2cc(F)cc3c2O[C@@H](CN)C3)ccc1F. The summed E-state index contributed by atoms with van der Waals surface area (Å²) in [6.07, 6.45) is 0.489. The van der Waals surface area contributed by atoms with Gasteiger partial charge >= 0.3 is 0 Å². The van der Waals surface area contributed by atoms with Gasteiger partial charge in [0.2, 0.25) is 0 Å². The highest BCUT2D eigenvalue weighted by Gasteiger charge is 2.26. The number of hydrogen-bond donors (Lipinski definition) is 1. The first-order valence-corrected chi connectivity index (χ1v) is 6.54. The zero-order chi connectivity index (χ0) is 14.3. The van der Waals surface area contributed by atoms with Crippen molar-refractivity contribution < 1.29 is 13.5 Å². The Morgan fingerprint density at radius 1 is 1.25 bits per heavy atom. The Labute approximate surface area is 116 Å². The molecule has 0 bridgehead atoms. The van der Waals surface area contributed by atoms with E-state index in [0.717, 1.165) is 11.1 Å². The fourth-order valence-corrected chi connectivity index (χ4v) is 2.55. The van der Waals surface area contributed by atoms with Crippen LogP contribution in [0.4, 0.5) is 8.78 Å². The van der Waals surface area contributed by atoms with E-state index in [-0.39, 0.29) is 17.7 Å². The van der Waals surface area contributed by atoms with Crippen molar-refractivity contribution >= 4 is 0 Å². The van der Waals surface area contributed by atoms with Crippen LogP contribution in [0.5, 0.6) is 5.75 Å². The maximum atomic E-state index is 13.8. The Morgan fingerprint density at radius 3 is 2.75 bits per heavy atom. The molecular weight excluding hydrogens is 260 g/mol. The summed E-state index contributed by atoms with van der Waals surface area (Å²) in [7, 11) is 0. The predicted octanol–water partition coefficient (Wildman–Crippen LogP) is 3.20. The molecule has 1 aliphatic heterocycles. The maximum Gasteiger partial charge on any atom is 0.131 e. The molecule has 3 rings (SSSR count). The lowest BCUT2D eigenvalue weighted by atomic mass is 9.99. The van der Waals surface area contributed by atoms with E-state index in [1.165, 1.54) is 18.2 Å². The summed E-state index contributed by atoms with van der Waals surface area (Å²) < 4.78 is 32.9. The normalized spacial score (nSPS) is 16.9. The largest absolute Gasteiger partial charge is 0.488 e. The Kier molecular flexibility index (Phi) is 3.18. The molecule has 1 heterocycles. The van der Waals surface area contributed by atoms with Crippen molar-refractivity contribution in [3.63, 3.8) is 0 Å². The summed E-state index contributed by atoms with van der Waals surface area (Å²) in [5.41, 5.74) is 8.35. The van der Waals surface area contributed by atoms with Crippen molar-refractivity contribution in [2.75, 3.05) is 6.54 Å². The molecule has 0 saturated carbocycles. The monoisotopic (exact) mass is 275 g/mol. The Hall–Kier alpha value is -1.94. The zero-order valence-electron chi connectivity index (χ0n) is 11.1. The maximum absolute atomic E-state index is 13.8. The van der Waals surface area contributed by atoms with Crippen LogP contribution in [0.3, 0.4) is 0 Å². The minimum absolute atomic E-state index is 0.118. The molecule has 0 amide bonds. The molecule has 2 aromatic rings. The topological polar surface area (TPSA) is 35.2 Å². The van der Waals surface area contributed by atoms with Crippen LogP contribution >= 0.6 is 0 Å². The van der Waals surface area contributed by atoms with Gasteiger partial charge in [-0.15, -0.1) is 0 Å². The number of aryl methyl sites for hydroxylation is 1. The summed E-state index contributed by atoms with van der Waals surface area (Å²) in [6.45, 7) is 2.07. The summed E-state index contributed by atoms with van der Waals surface area (Å²) in [4.78, 5) is 0. The average Bonchev–Trinajstić information content (AvgIpc) is 2.83. The van der Waals surface area contributed by atoms with Gasteiger partial charge in [0.15, 0.2) is 0 Å². The van der Waals surface area contributed by atoms with Gasteiger partial charge in [-0.25, -0.2) is 8.78 Å². The second-order valence-corrected chi connectivity index (χ2v) is 5.09. The van der Waals surface area contributed by atoms with Crippen LogP contribution in [0, 0.1) is 18.6 Å². The van der Waals surface area contributed by atoms with Gasteiger partial charge in [-0.05, 0) is 42.3 Å². The van der Waals surface area contributed by atoms with E-state index in [1.807, 2.05) is 0 Å². The molecular formula is C16H15F2NO. The summed E-state index contributed by atoms with van der Waals surface area (Å²) in [5.74, 6) is 0.0670. The summed E-state index contributed by atoms with van der Waals surface area (Å²) in [5, 5.41) is 0. The first-order valence-electron chi connectivity index (χ1n) is 6.54. The quantitative estimate of drug-likeness (QED) is 0.913. The van der Waals surface area contributed by atoms with Gasteiger partial charge in [-0.3, -0.25) is 0 Å². The first kappa shape index (κ1) is 13.1. The Bertz CT molecular complexity index is 670.